The maximum Gasteiger partial charge on any atom is 0.282 e. The predicted octanol–water partition coefficient (Wildman–Crippen LogP) is 3.71. The maximum absolute atomic E-state index is 13.7. The van der Waals surface area contributed by atoms with Gasteiger partial charge in [-0.3, -0.25) is 9.59 Å². The molecule has 0 radical (unpaired) electrons. The quantitative estimate of drug-likeness (QED) is 0.706. The third-order valence-electron chi connectivity index (χ3n) is 5.99. The molecule has 6 heteroatoms. The number of hydrogen-bond donors (Lipinski definition) is 0. The summed E-state index contributed by atoms with van der Waals surface area (Å²) >= 11 is 0. The fourth-order valence-corrected chi connectivity index (χ4v) is 4.39. The first-order valence-corrected chi connectivity index (χ1v) is 10.6. The molecule has 1 saturated heterocycles. The molecule has 0 saturated carbocycles. The zero-order valence-corrected chi connectivity index (χ0v) is 18.6. The molecule has 2 aromatic carbocycles. The Bertz CT molecular complexity index is 1050. The van der Waals surface area contributed by atoms with E-state index in [0.29, 0.717) is 41.4 Å². The number of hydrogen-bond acceptors (Lipinski definition) is 5. The van der Waals surface area contributed by atoms with Gasteiger partial charge in [0.25, 0.3) is 11.8 Å². The minimum absolute atomic E-state index is 0.0361. The summed E-state index contributed by atoms with van der Waals surface area (Å²) in [5.74, 6) is 0.110. The van der Waals surface area contributed by atoms with Crippen LogP contribution in [0, 0.1) is 13.8 Å². The number of rotatable bonds is 4. The van der Waals surface area contributed by atoms with Crippen LogP contribution in [0.15, 0.2) is 48.2 Å². The van der Waals surface area contributed by atoms with E-state index in [0.717, 1.165) is 11.1 Å². The van der Waals surface area contributed by atoms with E-state index in [-0.39, 0.29) is 24.0 Å². The van der Waals surface area contributed by atoms with Gasteiger partial charge in [0.15, 0.2) is 0 Å². The highest BCUT2D eigenvalue weighted by Gasteiger charge is 2.44. The Hall–Kier alpha value is -3.12. The fraction of sp³-hybridized carbons (Fsp3) is 0.360. The number of amides is 2. The normalized spacial score (nSPS) is 21.8. The summed E-state index contributed by atoms with van der Waals surface area (Å²) in [5.41, 5.74) is 4.15. The summed E-state index contributed by atoms with van der Waals surface area (Å²) in [6, 6.07) is 13.0. The van der Waals surface area contributed by atoms with Gasteiger partial charge in [0.05, 0.1) is 30.6 Å². The van der Waals surface area contributed by atoms with Gasteiger partial charge in [0.2, 0.25) is 0 Å². The molecule has 2 amide bonds. The molecule has 6 nitrogen and oxygen atoms in total. The van der Waals surface area contributed by atoms with Crippen LogP contribution in [-0.2, 0) is 14.3 Å². The fourth-order valence-electron chi connectivity index (χ4n) is 4.39. The molecule has 2 unspecified atom stereocenters. The van der Waals surface area contributed by atoms with E-state index in [2.05, 4.69) is 0 Å². The van der Waals surface area contributed by atoms with Crippen LogP contribution in [0.2, 0.25) is 0 Å². The Morgan fingerprint density at radius 2 is 1.58 bits per heavy atom. The summed E-state index contributed by atoms with van der Waals surface area (Å²) in [6.07, 6.45) is -0.0722. The molecule has 162 valence electrons. The van der Waals surface area contributed by atoms with Crippen LogP contribution in [0.5, 0.6) is 5.75 Å². The molecule has 2 aliphatic rings. The summed E-state index contributed by atoms with van der Waals surface area (Å²) < 4.78 is 11.1. The van der Waals surface area contributed by atoms with E-state index < -0.39 is 0 Å². The highest BCUT2D eigenvalue weighted by Crippen LogP contribution is 2.37. The lowest BCUT2D eigenvalue weighted by molar-refractivity contribution is -0.121. The third-order valence-corrected chi connectivity index (χ3v) is 5.99. The molecule has 2 aromatic rings. The van der Waals surface area contributed by atoms with E-state index in [4.69, 9.17) is 9.47 Å². The number of anilines is 1. The first-order chi connectivity index (χ1) is 14.8. The van der Waals surface area contributed by atoms with Crippen molar-refractivity contribution in [3.63, 3.8) is 0 Å². The van der Waals surface area contributed by atoms with E-state index >= 15 is 0 Å². The Kier molecular flexibility index (Phi) is 5.58. The van der Waals surface area contributed by atoms with Crippen LogP contribution in [0.1, 0.15) is 30.5 Å². The van der Waals surface area contributed by atoms with Gasteiger partial charge in [0, 0.05) is 13.1 Å². The van der Waals surface area contributed by atoms with Crippen LogP contribution >= 0.6 is 0 Å². The lowest BCUT2D eigenvalue weighted by Crippen LogP contribution is -2.47. The van der Waals surface area contributed by atoms with Crippen LogP contribution in [0.3, 0.4) is 0 Å². The van der Waals surface area contributed by atoms with E-state index in [1.54, 1.807) is 7.11 Å². The molecule has 0 aliphatic carbocycles. The lowest BCUT2D eigenvalue weighted by atomic mass is 10.0. The number of methoxy groups -OCH3 is 1. The van der Waals surface area contributed by atoms with Gasteiger partial charge < -0.3 is 14.4 Å². The highest BCUT2D eigenvalue weighted by molar-refractivity contribution is 6.45. The smallest absolute Gasteiger partial charge is 0.282 e. The van der Waals surface area contributed by atoms with Gasteiger partial charge in [-0.05, 0) is 62.6 Å². The van der Waals surface area contributed by atoms with Crippen LogP contribution in [0.25, 0.3) is 5.57 Å². The second-order valence-corrected chi connectivity index (χ2v) is 8.28. The van der Waals surface area contributed by atoms with Crippen molar-refractivity contribution < 1.29 is 19.1 Å². The van der Waals surface area contributed by atoms with E-state index in [1.807, 2.05) is 75.1 Å². The SMILES string of the molecule is COc1ccc(C2=C(N3CC(C)OC(C)C3)C(=O)N(c3cccc(C)c3C)C2=O)cc1. The standard InChI is InChI=1S/C25H28N2O4/c1-15-7-6-8-21(18(15)4)27-24(28)22(19-9-11-20(30-5)12-10-19)23(25(27)29)26-13-16(2)31-17(3)14-26/h6-12,16-17H,13-14H2,1-5H3. The first-order valence-electron chi connectivity index (χ1n) is 10.6. The molecule has 4 rings (SSSR count). The number of carbonyl (C=O) groups excluding carboxylic acids is 2. The molecule has 0 N–H and O–H groups in total. The number of imide groups is 1. The van der Waals surface area contributed by atoms with Gasteiger partial charge in [0.1, 0.15) is 11.4 Å². The molecule has 31 heavy (non-hydrogen) atoms. The Balaban J connectivity index is 1.85. The molecule has 1 fully saturated rings. The van der Waals surface area contributed by atoms with Gasteiger partial charge in [-0.1, -0.05) is 24.3 Å². The molecule has 2 atom stereocenters. The summed E-state index contributed by atoms with van der Waals surface area (Å²) in [6.45, 7) is 9.00. The predicted molar refractivity (Wildman–Crippen MR) is 120 cm³/mol. The maximum atomic E-state index is 13.7. The number of ether oxygens (including phenoxy) is 2. The van der Waals surface area contributed by atoms with Crippen LogP contribution < -0.4 is 9.64 Å². The van der Waals surface area contributed by atoms with Crippen molar-refractivity contribution in [3.05, 3.63) is 64.9 Å². The zero-order valence-electron chi connectivity index (χ0n) is 18.6. The summed E-state index contributed by atoms with van der Waals surface area (Å²) in [5, 5.41) is 0. The van der Waals surface area contributed by atoms with Gasteiger partial charge in [-0.2, -0.15) is 0 Å². The third kappa shape index (κ3) is 3.72. The molecule has 0 bridgehead atoms. The lowest BCUT2D eigenvalue weighted by Gasteiger charge is -2.37. The molecule has 0 aromatic heterocycles. The molecular formula is C25H28N2O4. The van der Waals surface area contributed by atoms with Crippen molar-refractivity contribution in [3.8, 4) is 5.75 Å². The van der Waals surface area contributed by atoms with Gasteiger partial charge >= 0.3 is 0 Å². The monoisotopic (exact) mass is 420 g/mol. The van der Waals surface area contributed by atoms with E-state index in [9.17, 15) is 9.59 Å². The average Bonchev–Trinajstić information content (AvgIpc) is 3.00. The summed E-state index contributed by atoms with van der Waals surface area (Å²) in [4.78, 5) is 30.8. The highest BCUT2D eigenvalue weighted by atomic mass is 16.5. The number of benzene rings is 2. The zero-order chi connectivity index (χ0) is 22.3. The summed E-state index contributed by atoms with van der Waals surface area (Å²) in [7, 11) is 1.60. The molecular weight excluding hydrogens is 392 g/mol. The van der Waals surface area contributed by atoms with Gasteiger partial charge in [-0.25, -0.2) is 4.90 Å². The molecule has 2 heterocycles. The number of nitrogens with zero attached hydrogens (tertiary/aromatic N) is 2. The second-order valence-electron chi connectivity index (χ2n) is 8.28. The van der Waals surface area contributed by atoms with Crippen molar-refractivity contribution in [2.24, 2.45) is 0 Å². The Morgan fingerprint density at radius 3 is 2.19 bits per heavy atom. The second kappa shape index (κ2) is 8.19. The number of morpholine rings is 1. The minimum atomic E-state index is -0.300. The van der Waals surface area contributed by atoms with Crippen molar-refractivity contribution in [2.75, 3.05) is 25.1 Å². The topological polar surface area (TPSA) is 59.1 Å². The average molecular weight is 421 g/mol. The van der Waals surface area contributed by atoms with Crippen molar-refractivity contribution in [1.29, 1.82) is 0 Å². The van der Waals surface area contributed by atoms with Gasteiger partial charge in [-0.15, -0.1) is 0 Å². The largest absolute Gasteiger partial charge is 0.497 e. The minimum Gasteiger partial charge on any atom is -0.497 e. The van der Waals surface area contributed by atoms with Crippen LogP contribution in [0.4, 0.5) is 5.69 Å². The Labute approximate surface area is 183 Å². The van der Waals surface area contributed by atoms with Crippen molar-refractivity contribution in [1.82, 2.24) is 4.90 Å². The van der Waals surface area contributed by atoms with Crippen LogP contribution in [-0.4, -0.2) is 49.1 Å². The Morgan fingerprint density at radius 1 is 0.935 bits per heavy atom. The number of aryl methyl sites for hydroxylation is 1. The van der Waals surface area contributed by atoms with Crippen molar-refractivity contribution >= 4 is 23.1 Å². The first kappa shape index (κ1) is 21.1. The van der Waals surface area contributed by atoms with Crippen molar-refractivity contribution in [2.45, 2.75) is 39.9 Å². The molecule has 2 aliphatic heterocycles. The van der Waals surface area contributed by atoms with E-state index in [1.165, 1.54) is 4.90 Å². The number of carbonyl (C=O) groups is 2. The molecule has 0 spiro atoms.